The molecule has 0 aliphatic rings. The maximum Gasteiger partial charge on any atom is 0.418 e. The lowest BCUT2D eigenvalue weighted by Gasteiger charge is -2.14. The van der Waals surface area contributed by atoms with E-state index in [0.29, 0.717) is 5.56 Å². The number of hydrogen-bond donors (Lipinski definition) is 2. The molecule has 3 aromatic carbocycles. The van der Waals surface area contributed by atoms with Crippen molar-refractivity contribution >= 4 is 21.6 Å². The fraction of sp³-hybridized carbons (Fsp3) is 0.174. The molecule has 0 radical (unpaired) electrons. The Morgan fingerprint density at radius 2 is 1.64 bits per heavy atom. The zero-order valence-corrected chi connectivity index (χ0v) is 18.3. The molecule has 0 heterocycles. The van der Waals surface area contributed by atoms with Gasteiger partial charge >= 0.3 is 6.18 Å². The second kappa shape index (κ2) is 10.1. The Morgan fingerprint density at radius 3 is 2.30 bits per heavy atom. The van der Waals surface area contributed by atoms with Gasteiger partial charge in [0.25, 0.3) is 5.91 Å². The van der Waals surface area contributed by atoms with Gasteiger partial charge in [-0.1, -0.05) is 42.5 Å². The van der Waals surface area contributed by atoms with Crippen LogP contribution in [0.4, 0.5) is 18.9 Å². The molecule has 0 saturated heterocycles. The first kappa shape index (κ1) is 24.3. The van der Waals surface area contributed by atoms with Crippen molar-refractivity contribution in [3.63, 3.8) is 0 Å². The Hall–Kier alpha value is -3.37. The number of carbonyl (C=O) groups excluding carboxylic acids is 1. The third kappa shape index (κ3) is 6.56. The van der Waals surface area contributed by atoms with Crippen LogP contribution in [-0.2, 0) is 27.5 Å². The van der Waals surface area contributed by atoms with Crippen LogP contribution in [0.1, 0.15) is 16.7 Å². The van der Waals surface area contributed by atoms with E-state index in [1.165, 1.54) is 30.3 Å². The average Bonchev–Trinajstić information content (AvgIpc) is 2.77. The number of aryl methyl sites for hydroxylation is 1. The molecule has 0 aromatic heterocycles. The number of sulfonamides is 1. The quantitative estimate of drug-likeness (QED) is 0.499. The van der Waals surface area contributed by atoms with Crippen molar-refractivity contribution in [2.75, 3.05) is 11.9 Å². The second-order valence-corrected chi connectivity index (χ2v) is 8.88. The number of ether oxygens (including phenoxy) is 1. The number of rotatable bonds is 8. The fourth-order valence-corrected chi connectivity index (χ4v) is 4.08. The molecule has 0 saturated carbocycles. The van der Waals surface area contributed by atoms with Crippen LogP contribution in [-0.4, -0.2) is 20.9 Å². The molecule has 174 valence electrons. The number of halogens is 3. The van der Waals surface area contributed by atoms with Gasteiger partial charge in [0, 0.05) is 6.54 Å². The summed E-state index contributed by atoms with van der Waals surface area (Å²) in [4.78, 5) is 12.1. The van der Waals surface area contributed by atoms with Crippen LogP contribution in [0, 0.1) is 6.92 Å². The number of amides is 1. The lowest BCUT2D eigenvalue weighted by Crippen LogP contribution is -2.24. The predicted molar refractivity (Wildman–Crippen MR) is 117 cm³/mol. The molecule has 3 aromatic rings. The van der Waals surface area contributed by atoms with Gasteiger partial charge in [-0.25, -0.2) is 13.1 Å². The molecule has 3 rings (SSSR count). The molecule has 0 unspecified atom stereocenters. The molecule has 0 spiro atoms. The van der Waals surface area contributed by atoms with E-state index < -0.39 is 34.3 Å². The number of carbonyl (C=O) groups is 1. The highest BCUT2D eigenvalue weighted by Gasteiger charge is 2.33. The van der Waals surface area contributed by atoms with Crippen molar-refractivity contribution in [2.45, 2.75) is 24.5 Å². The molecule has 33 heavy (non-hydrogen) atoms. The molecule has 2 N–H and O–H groups in total. The highest BCUT2D eigenvalue weighted by molar-refractivity contribution is 7.89. The van der Waals surface area contributed by atoms with Crippen LogP contribution in [0.15, 0.2) is 77.7 Å². The number of nitrogens with one attached hydrogen (secondary N) is 2. The third-order valence-electron chi connectivity index (χ3n) is 4.63. The monoisotopic (exact) mass is 478 g/mol. The SMILES string of the molecule is Cc1cc(S(=O)(=O)NCc2ccccc2)ccc1OCC(=O)Nc1ccccc1C(F)(F)F. The van der Waals surface area contributed by atoms with Gasteiger partial charge in [-0.05, 0) is 48.4 Å². The topological polar surface area (TPSA) is 84.5 Å². The van der Waals surface area contributed by atoms with Crippen LogP contribution >= 0.6 is 0 Å². The van der Waals surface area contributed by atoms with E-state index in [0.717, 1.165) is 17.7 Å². The van der Waals surface area contributed by atoms with Gasteiger partial charge in [-0.3, -0.25) is 4.79 Å². The number of alkyl halides is 3. The predicted octanol–water partition coefficient (Wildman–Crippen LogP) is 4.51. The molecule has 0 aliphatic heterocycles. The Labute approximate surface area is 189 Å². The van der Waals surface area contributed by atoms with E-state index in [9.17, 15) is 26.4 Å². The smallest absolute Gasteiger partial charge is 0.418 e. The molecule has 1 amide bonds. The maximum absolute atomic E-state index is 13.1. The summed E-state index contributed by atoms with van der Waals surface area (Å²) < 4.78 is 72.1. The number of hydrogen-bond acceptors (Lipinski definition) is 4. The summed E-state index contributed by atoms with van der Waals surface area (Å²) in [7, 11) is -3.78. The van der Waals surface area contributed by atoms with Gasteiger partial charge in [0.2, 0.25) is 10.0 Å². The standard InChI is InChI=1S/C23H21F3N2O4S/c1-16-13-18(33(30,31)27-14-17-7-3-2-4-8-17)11-12-21(16)32-15-22(29)28-20-10-6-5-9-19(20)23(24,25)26/h2-13,27H,14-15H2,1H3,(H,28,29). The Morgan fingerprint density at radius 1 is 0.970 bits per heavy atom. The van der Waals surface area contributed by atoms with Crippen LogP contribution in [0.5, 0.6) is 5.75 Å². The highest BCUT2D eigenvalue weighted by Crippen LogP contribution is 2.34. The van der Waals surface area contributed by atoms with Crippen LogP contribution < -0.4 is 14.8 Å². The summed E-state index contributed by atoms with van der Waals surface area (Å²) in [6.45, 7) is 1.17. The van der Waals surface area contributed by atoms with Crippen LogP contribution in [0.25, 0.3) is 0 Å². The number of para-hydroxylation sites is 1. The van der Waals surface area contributed by atoms with Crippen molar-refractivity contribution < 1.29 is 31.1 Å². The zero-order valence-electron chi connectivity index (χ0n) is 17.5. The summed E-state index contributed by atoms with van der Waals surface area (Å²) in [5.41, 5.74) is -0.0923. The molecule has 0 aliphatic carbocycles. The van der Waals surface area contributed by atoms with Crippen molar-refractivity contribution in [1.29, 1.82) is 0 Å². The zero-order chi connectivity index (χ0) is 24.1. The van der Waals surface area contributed by atoms with Crippen LogP contribution in [0.2, 0.25) is 0 Å². The van der Waals surface area contributed by atoms with Crippen molar-refractivity contribution in [3.8, 4) is 5.75 Å². The summed E-state index contributed by atoms with van der Waals surface area (Å²) in [5.74, 6) is -0.552. The van der Waals surface area contributed by atoms with E-state index in [2.05, 4.69) is 10.0 Å². The minimum atomic E-state index is -4.61. The van der Waals surface area contributed by atoms with Gasteiger partial charge in [0.05, 0.1) is 16.1 Å². The third-order valence-corrected chi connectivity index (χ3v) is 6.03. The first-order valence-corrected chi connectivity index (χ1v) is 11.3. The van der Waals surface area contributed by atoms with E-state index >= 15 is 0 Å². The molecular weight excluding hydrogens is 457 g/mol. The molecule has 0 fully saturated rings. The summed E-state index contributed by atoms with van der Waals surface area (Å²) in [6, 6.07) is 17.7. The maximum atomic E-state index is 13.1. The summed E-state index contributed by atoms with van der Waals surface area (Å²) in [6.07, 6.45) is -4.61. The van der Waals surface area contributed by atoms with E-state index in [1.807, 2.05) is 6.07 Å². The highest BCUT2D eigenvalue weighted by atomic mass is 32.2. The van der Waals surface area contributed by atoms with Crippen LogP contribution in [0.3, 0.4) is 0 Å². The van der Waals surface area contributed by atoms with Gasteiger partial charge in [0.1, 0.15) is 5.75 Å². The van der Waals surface area contributed by atoms with E-state index in [1.54, 1.807) is 31.2 Å². The molecule has 6 nitrogen and oxygen atoms in total. The molecule has 0 atom stereocenters. The average molecular weight is 478 g/mol. The molecular formula is C23H21F3N2O4S. The van der Waals surface area contributed by atoms with Gasteiger partial charge < -0.3 is 10.1 Å². The summed E-state index contributed by atoms with van der Waals surface area (Å²) in [5, 5.41) is 2.18. The van der Waals surface area contributed by atoms with Gasteiger partial charge in [-0.2, -0.15) is 13.2 Å². The lowest BCUT2D eigenvalue weighted by atomic mass is 10.1. The van der Waals surface area contributed by atoms with Crippen molar-refractivity contribution in [3.05, 3.63) is 89.5 Å². The first-order chi connectivity index (χ1) is 15.6. The van der Waals surface area contributed by atoms with Crippen molar-refractivity contribution in [2.24, 2.45) is 0 Å². The van der Waals surface area contributed by atoms with Crippen molar-refractivity contribution in [1.82, 2.24) is 4.72 Å². The minimum Gasteiger partial charge on any atom is -0.483 e. The molecule has 10 heteroatoms. The van der Waals surface area contributed by atoms with E-state index in [-0.39, 0.29) is 22.9 Å². The first-order valence-electron chi connectivity index (χ1n) is 9.79. The Kier molecular flexibility index (Phi) is 7.39. The number of benzene rings is 3. The Balaban J connectivity index is 1.62. The fourth-order valence-electron chi connectivity index (χ4n) is 2.98. The second-order valence-electron chi connectivity index (χ2n) is 7.12. The Bertz CT molecular complexity index is 1230. The lowest BCUT2D eigenvalue weighted by molar-refractivity contribution is -0.137. The minimum absolute atomic E-state index is 0.0202. The summed E-state index contributed by atoms with van der Waals surface area (Å²) >= 11 is 0. The van der Waals surface area contributed by atoms with Gasteiger partial charge in [0.15, 0.2) is 6.61 Å². The molecule has 0 bridgehead atoms. The number of anilines is 1. The largest absolute Gasteiger partial charge is 0.483 e. The normalized spacial score (nSPS) is 11.8. The van der Waals surface area contributed by atoms with E-state index in [4.69, 9.17) is 4.74 Å². The van der Waals surface area contributed by atoms with Gasteiger partial charge in [-0.15, -0.1) is 0 Å².